The van der Waals surface area contributed by atoms with Crippen LogP contribution in [-0.2, 0) is 11.2 Å². The van der Waals surface area contributed by atoms with Crippen LogP contribution < -0.4 is 5.32 Å². The second-order valence-corrected chi connectivity index (χ2v) is 4.69. The summed E-state index contributed by atoms with van der Waals surface area (Å²) in [6.45, 7) is 2.61. The minimum atomic E-state index is 0.443. The van der Waals surface area contributed by atoms with Crippen molar-refractivity contribution >= 4 is 0 Å². The van der Waals surface area contributed by atoms with Gasteiger partial charge < -0.3 is 14.6 Å². The van der Waals surface area contributed by atoms with Gasteiger partial charge in [0.1, 0.15) is 0 Å². The Labute approximate surface area is 107 Å². The van der Waals surface area contributed by atoms with E-state index in [0.29, 0.717) is 6.04 Å². The van der Waals surface area contributed by atoms with Crippen LogP contribution >= 0.6 is 0 Å². The summed E-state index contributed by atoms with van der Waals surface area (Å²) in [7, 11) is 0. The van der Waals surface area contributed by atoms with Crippen LogP contribution in [0.15, 0.2) is 48.8 Å². The van der Waals surface area contributed by atoms with Gasteiger partial charge in [-0.2, -0.15) is 0 Å². The van der Waals surface area contributed by atoms with Crippen molar-refractivity contribution in [2.24, 2.45) is 0 Å². The van der Waals surface area contributed by atoms with Crippen molar-refractivity contribution in [2.75, 3.05) is 19.8 Å². The molecule has 2 heterocycles. The molecule has 3 heteroatoms. The van der Waals surface area contributed by atoms with Gasteiger partial charge in [0.25, 0.3) is 0 Å². The molecule has 1 saturated heterocycles. The third-order valence-corrected chi connectivity index (χ3v) is 3.29. The van der Waals surface area contributed by atoms with Gasteiger partial charge in [0, 0.05) is 30.7 Å². The summed E-state index contributed by atoms with van der Waals surface area (Å²) in [5.41, 5.74) is 2.57. The fourth-order valence-corrected chi connectivity index (χ4v) is 2.39. The molecule has 1 aliphatic rings. The largest absolute Gasteiger partial charge is 0.379 e. The van der Waals surface area contributed by atoms with Gasteiger partial charge in [0.05, 0.1) is 13.2 Å². The minimum absolute atomic E-state index is 0.443. The normalized spacial score (nSPS) is 19.9. The average Bonchev–Trinajstić information content (AvgIpc) is 2.94. The van der Waals surface area contributed by atoms with Crippen molar-refractivity contribution in [2.45, 2.75) is 12.5 Å². The van der Waals surface area contributed by atoms with E-state index < -0.39 is 0 Å². The lowest BCUT2D eigenvalue weighted by Crippen LogP contribution is -2.42. The highest BCUT2D eigenvalue weighted by Gasteiger charge is 2.13. The van der Waals surface area contributed by atoms with Crippen molar-refractivity contribution in [3.05, 3.63) is 54.4 Å². The van der Waals surface area contributed by atoms with Crippen molar-refractivity contribution in [3.8, 4) is 5.69 Å². The van der Waals surface area contributed by atoms with Gasteiger partial charge in [0.15, 0.2) is 0 Å². The molecule has 0 aliphatic carbocycles. The zero-order valence-electron chi connectivity index (χ0n) is 10.4. The highest BCUT2D eigenvalue weighted by Crippen LogP contribution is 2.13. The molecule has 0 saturated carbocycles. The number of aromatic nitrogens is 1. The second-order valence-electron chi connectivity index (χ2n) is 4.69. The first-order chi connectivity index (χ1) is 8.92. The maximum Gasteiger partial charge on any atom is 0.0623 e. The summed E-state index contributed by atoms with van der Waals surface area (Å²) >= 11 is 0. The van der Waals surface area contributed by atoms with Crippen molar-refractivity contribution in [1.29, 1.82) is 0 Å². The lowest BCUT2D eigenvalue weighted by Gasteiger charge is -2.24. The van der Waals surface area contributed by atoms with Crippen LogP contribution in [0.2, 0.25) is 0 Å². The standard InChI is InChI=1S/C15H18N2O/c1-2-8-17(7-1)15-5-3-4-13(11-15)10-14-12-18-9-6-16-14/h1-5,7-8,11,14,16H,6,9-10,12H2. The quantitative estimate of drug-likeness (QED) is 0.891. The molecule has 1 fully saturated rings. The maximum absolute atomic E-state index is 5.49. The number of nitrogens with zero attached hydrogens (tertiary/aromatic N) is 1. The Balaban J connectivity index is 1.74. The highest BCUT2D eigenvalue weighted by molar-refractivity contribution is 5.36. The van der Waals surface area contributed by atoms with E-state index in [4.69, 9.17) is 4.74 Å². The fourth-order valence-electron chi connectivity index (χ4n) is 2.39. The summed E-state index contributed by atoms with van der Waals surface area (Å²) in [6.07, 6.45) is 5.16. The van der Waals surface area contributed by atoms with Gasteiger partial charge in [-0.05, 0) is 36.2 Å². The van der Waals surface area contributed by atoms with Gasteiger partial charge in [-0.1, -0.05) is 12.1 Å². The fraction of sp³-hybridized carbons (Fsp3) is 0.333. The molecular weight excluding hydrogens is 224 g/mol. The Kier molecular flexibility index (Phi) is 3.44. The minimum Gasteiger partial charge on any atom is -0.379 e. The van der Waals surface area contributed by atoms with Crippen LogP contribution in [0.5, 0.6) is 0 Å². The summed E-state index contributed by atoms with van der Waals surface area (Å²) in [4.78, 5) is 0. The summed E-state index contributed by atoms with van der Waals surface area (Å²) < 4.78 is 7.62. The van der Waals surface area contributed by atoms with E-state index in [1.807, 2.05) is 12.1 Å². The molecule has 1 aromatic carbocycles. The van der Waals surface area contributed by atoms with E-state index in [1.165, 1.54) is 11.3 Å². The molecule has 3 nitrogen and oxygen atoms in total. The first-order valence-electron chi connectivity index (χ1n) is 6.45. The van der Waals surface area contributed by atoms with Crippen LogP contribution in [0, 0.1) is 0 Å². The molecule has 1 atom stereocenters. The Morgan fingerprint density at radius 1 is 1.22 bits per heavy atom. The number of nitrogens with one attached hydrogen (secondary N) is 1. The third kappa shape index (κ3) is 2.63. The van der Waals surface area contributed by atoms with E-state index in [0.717, 1.165) is 26.2 Å². The zero-order chi connectivity index (χ0) is 12.2. The molecular formula is C15H18N2O. The first-order valence-corrected chi connectivity index (χ1v) is 6.45. The van der Waals surface area contributed by atoms with Gasteiger partial charge in [0.2, 0.25) is 0 Å². The van der Waals surface area contributed by atoms with Crippen molar-refractivity contribution < 1.29 is 4.74 Å². The Bertz CT molecular complexity index is 487. The van der Waals surface area contributed by atoms with Gasteiger partial charge in [-0.15, -0.1) is 0 Å². The average molecular weight is 242 g/mol. The van der Waals surface area contributed by atoms with Gasteiger partial charge in [-0.25, -0.2) is 0 Å². The second kappa shape index (κ2) is 5.38. The molecule has 0 amide bonds. The van der Waals surface area contributed by atoms with Crippen molar-refractivity contribution in [3.63, 3.8) is 0 Å². The summed E-state index contributed by atoms with van der Waals surface area (Å²) in [5, 5.41) is 3.49. The van der Waals surface area contributed by atoms with Crippen LogP contribution in [0.4, 0.5) is 0 Å². The number of morpholine rings is 1. The molecule has 94 valence electrons. The maximum atomic E-state index is 5.49. The van der Waals surface area contributed by atoms with E-state index in [9.17, 15) is 0 Å². The first kappa shape index (κ1) is 11.5. The molecule has 2 aromatic rings. The summed E-state index contributed by atoms with van der Waals surface area (Å²) in [6, 6.07) is 13.2. The Morgan fingerprint density at radius 3 is 2.89 bits per heavy atom. The molecule has 0 radical (unpaired) electrons. The lowest BCUT2D eigenvalue weighted by atomic mass is 10.1. The zero-order valence-corrected chi connectivity index (χ0v) is 10.4. The number of hydrogen-bond donors (Lipinski definition) is 1. The van der Waals surface area contributed by atoms with E-state index >= 15 is 0 Å². The van der Waals surface area contributed by atoms with Gasteiger partial charge >= 0.3 is 0 Å². The monoisotopic (exact) mass is 242 g/mol. The SMILES string of the molecule is c1cc(CC2COCCN2)cc(-n2cccc2)c1. The Morgan fingerprint density at radius 2 is 2.11 bits per heavy atom. The number of rotatable bonds is 3. The topological polar surface area (TPSA) is 26.2 Å². The molecule has 0 spiro atoms. The van der Waals surface area contributed by atoms with Crippen LogP contribution in [-0.4, -0.2) is 30.4 Å². The Hall–Kier alpha value is -1.58. The number of benzene rings is 1. The van der Waals surface area contributed by atoms with Crippen LogP contribution in [0.3, 0.4) is 0 Å². The lowest BCUT2D eigenvalue weighted by molar-refractivity contribution is 0.0770. The third-order valence-electron chi connectivity index (χ3n) is 3.29. The number of ether oxygens (including phenoxy) is 1. The van der Waals surface area contributed by atoms with E-state index in [-0.39, 0.29) is 0 Å². The molecule has 18 heavy (non-hydrogen) atoms. The molecule has 1 aromatic heterocycles. The molecule has 1 N–H and O–H groups in total. The molecule has 3 rings (SSSR count). The van der Waals surface area contributed by atoms with Crippen LogP contribution in [0.25, 0.3) is 5.69 Å². The molecule has 1 aliphatic heterocycles. The predicted molar refractivity (Wildman–Crippen MR) is 72.1 cm³/mol. The molecule has 1 unspecified atom stereocenters. The highest BCUT2D eigenvalue weighted by atomic mass is 16.5. The molecule has 0 bridgehead atoms. The smallest absolute Gasteiger partial charge is 0.0623 e. The van der Waals surface area contributed by atoms with Crippen LogP contribution in [0.1, 0.15) is 5.56 Å². The number of hydrogen-bond acceptors (Lipinski definition) is 2. The summed E-state index contributed by atoms with van der Waals surface area (Å²) in [5.74, 6) is 0. The van der Waals surface area contributed by atoms with Gasteiger partial charge in [-0.3, -0.25) is 0 Å². The predicted octanol–water partition coefficient (Wildman–Crippen LogP) is 2.01. The van der Waals surface area contributed by atoms with E-state index in [2.05, 4.69) is 46.5 Å². The van der Waals surface area contributed by atoms with Crippen molar-refractivity contribution in [1.82, 2.24) is 9.88 Å². The van der Waals surface area contributed by atoms with E-state index in [1.54, 1.807) is 0 Å².